The van der Waals surface area contributed by atoms with E-state index in [2.05, 4.69) is 16.9 Å². The molecule has 1 fully saturated rings. The van der Waals surface area contributed by atoms with Crippen molar-refractivity contribution in [3.05, 3.63) is 64.6 Å². The number of allylic oxidation sites excluding steroid dienone is 3. The number of benzene rings is 1. The first kappa shape index (κ1) is 26.3. The third-order valence-electron chi connectivity index (χ3n) is 5.55. The van der Waals surface area contributed by atoms with Crippen molar-refractivity contribution in [2.75, 3.05) is 13.1 Å². The molecule has 0 aliphatic carbocycles. The van der Waals surface area contributed by atoms with E-state index in [-0.39, 0.29) is 22.4 Å². The second-order valence-corrected chi connectivity index (χ2v) is 9.86. The van der Waals surface area contributed by atoms with Gasteiger partial charge in [0, 0.05) is 47.1 Å². The lowest BCUT2D eigenvalue weighted by atomic mass is 9.87. The highest BCUT2D eigenvalue weighted by Gasteiger charge is 2.41. The number of aliphatic imine (C=N–C) groups is 1. The average molecular weight is 475 g/mol. The molecule has 1 aromatic carbocycles. The summed E-state index contributed by atoms with van der Waals surface area (Å²) < 4.78 is 13.9. The van der Waals surface area contributed by atoms with Gasteiger partial charge in [0.25, 0.3) is 5.91 Å². The molecular formula is C25H32ClFN4O2. The standard InChI is InChI=1S/C25H32ClFN4O2/c1-8-16(22(32)31-12-11-29-23(33)25(31,6)7)13-18(21(28)24(3,4)5)15(2)30-17-9-10-19(26)20(27)14-17/h8-10,13-14H,1,11-12,28H2,2-7H3,(H,29,33)/b16-13+,21-18?,30-15?. The maximum atomic E-state index is 13.9. The van der Waals surface area contributed by atoms with Crippen LogP contribution in [-0.2, 0) is 9.59 Å². The third kappa shape index (κ3) is 5.90. The van der Waals surface area contributed by atoms with Gasteiger partial charge in [-0.1, -0.05) is 45.0 Å². The molecule has 1 aliphatic heterocycles. The van der Waals surface area contributed by atoms with Crippen LogP contribution in [0.15, 0.2) is 58.8 Å². The molecule has 3 N–H and O–H groups in total. The summed E-state index contributed by atoms with van der Waals surface area (Å²) in [6, 6.07) is 4.25. The normalized spacial score (nSPS) is 17.9. The van der Waals surface area contributed by atoms with Crippen LogP contribution < -0.4 is 11.1 Å². The second-order valence-electron chi connectivity index (χ2n) is 9.45. The fourth-order valence-electron chi connectivity index (χ4n) is 3.36. The van der Waals surface area contributed by atoms with E-state index in [4.69, 9.17) is 17.3 Å². The van der Waals surface area contributed by atoms with Gasteiger partial charge in [-0.2, -0.15) is 0 Å². The zero-order chi connectivity index (χ0) is 25.1. The summed E-state index contributed by atoms with van der Waals surface area (Å²) in [5, 5.41) is 2.78. The van der Waals surface area contributed by atoms with E-state index in [1.807, 2.05) is 20.8 Å². The van der Waals surface area contributed by atoms with E-state index in [1.54, 1.807) is 32.9 Å². The molecule has 0 radical (unpaired) electrons. The summed E-state index contributed by atoms with van der Waals surface area (Å²) in [6.45, 7) is 15.5. The van der Waals surface area contributed by atoms with Gasteiger partial charge in [-0.25, -0.2) is 4.39 Å². The van der Waals surface area contributed by atoms with Crippen molar-refractivity contribution in [1.29, 1.82) is 0 Å². The van der Waals surface area contributed by atoms with Gasteiger partial charge < -0.3 is 16.0 Å². The Morgan fingerprint density at radius 2 is 2.00 bits per heavy atom. The number of rotatable bonds is 5. The highest BCUT2D eigenvalue weighted by molar-refractivity contribution is 6.30. The summed E-state index contributed by atoms with van der Waals surface area (Å²) >= 11 is 5.78. The number of carbonyl (C=O) groups is 2. The lowest BCUT2D eigenvalue weighted by Gasteiger charge is -2.41. The molecule has 1 aromatic rings. The minimum atomic E-state index is -1.01. The van der Waals surface area contributed by atoms with Crippen molar-refractivity contribution < 1.29 is 14.0 Å². The van der Waals surface area contributed by atoms with Gasteiger partial charge >= 0.3 is 0 Å². The average Bonchev–Trinajstić information content (AvgIpc) is 2.72. The highest BCUT2D eigenvalue weighted by atomic mass is 35.5. The Labute approximate surface area is 200 Å². The Morgan fingerprint density at radius 1 is 1.36 bits per heavy atom. The van der Waals surface area contributed by atoms with E-state index in [9.17, 15) is 14.0 Å². The molecule has 0 aromatic heterocycles. The smallest absolute Gasteiger partial charge is 0.254 e. The van der Waals surface area contributed by atoms with Gasteiger partial charge in [-0.3, -0.25) is 14.6 Å². The first-order valence-electron chi connectivity index (χ1n) is 10.7. The van der Waals surface area contributed by atoms with Gasteiger partial charge in [0.1, 0.15) is 11.4 Å². The van der Waals surface area contributed by atoms with Crippen LogP contribution in [0.1, 0.15) is 41.5 Å². The number of nitrogens with zero attached hydrogens (tertiary/aromatic N) is 2. The second kappa shape index (κ2) is 9.91. The fourth-order valence-corrected chi connectivity index (χ4v) is 3.48. The van der Waals surface area contributed by atoms with Crippen LogP contribution in [0.3, 0.4) is 0 Å². The molecule has 0 saturated carbocycles. The van der Waals surface area contributed by atoms with Crippen molar-refractivity contribution in [3.63, 3.8) is 0 Å². The van der Waals surface area contributed by atoms with Gasteiger partial charge in [-0.15, -0.1) is 0 Å². The largest absolute Gasteiger partial charge is 0.401 e. The number of piperazine rings is 1. The van der Waals surface area contributed by atoms with Crippen molar-refractivity contribution in [1.82, 2.24) is 10.2 Å². The first-order valence-corrected chi connectivity index (χ1v) is 11.0. The predicted molar refractivity (Wildman–Crippen MR) is 132 cm³/mol. The molecule has 1 saturated heterocycles. The van der Waals surface area contributed by atoms with E-state index in [0.717, 1.165) is 0 Å². The van der Waals surface area contributed by atoms with Crippen LogP contribution in [0, 0.1) is 11.2 Å². The molecule has 0 atom stereocenters. The minimum Gasteiger partial charge on any atom is -0.401 e. The number of carbonyl (C=O) groups excluding carboxylic acids is 2. The van der Waals surface area contributed by atoms with Gasteiger partial charge in [0.05, 0.1) is 10.7 Å². The summed E-state index contributed by atoms with van der Waals surface area (Å²) in [7, 11) is 0. The summed E-state index contributed by atoms with van der Waals surface area (Å²) in [5.41, 5.74) is 7.21. The number of nitrogens with one attached hydrogen (secondary N) is 1. The van der Waals surface area contributed by atoms with E-state index < -0.39 is 16.8 Å². The SMILES string of the molecule is C=C/C(=C\C(C(C)=Nc1ccc(Cl)c(F)c1)=C(N)C(C)(C)C)C(=O)N1CCNC(=O)C1(C)C. The fraction of sp³-hybridized carbons (Fsp3) is 0.400. The molecule has 0 spiro atoms. The maximum absolute atomic E-state index is 13.9. The zero-order valence-electron chi connectivity index (χ0n) is 20.1. The molecule has 1 aliphatic rings. The Hall–Kier alpha value is -2.93. The summed E-state index contributed by atoms with van der Waals surface area (Å²) in [6.07, 6.45) is 3.07. The number of halogens is 2. The molecule has 6 nitrogen and oxygen atoms in total. The molecule has 2 rings (SSSR count). The molecule has 8 heteroatoms. The monoisotopic (exact) mass is 474 g/mol. The lowest BCUT2D eigenvalue weighted by Crippen LogP contribution is -2.63. The Bertz CT molecular complexity index is 1060. The summed E-state index contributed by atoms with van der Waals surface area (Å²) in [4.78, 5) is 31.8. The van der Waals surface area contributed by atoms with E-state index >= 15 is 0 Å². The molecule has 0 bridgehead atoms. The predicted octanol–water partition coefficient (Wildman–Crippen LogP) is 4.68. The first-order chi connectivity index (χ1) is 15.2. The van der Waals surface area contributed by atoms with Gasteiger partial charge in [0.2, 0.25) is 5.91 Å². The molecule has 33 heavy (non-hydrogen) atoms. The Morgan fingerprint density at radius 3 is 2.55 bits per heavy atom. The third-order valence-corrected chi connectivity index (χ3v) is 5.86. The van der Waals surface area contributed by atoms with Gasteiger partial charge in [0.15, 0.2) is 0 Å². The highest BCUT2D eigenvalue weighted by Crippen LogP contribution is 2.29. The van der Waals surface area contributed by atoms with Crippen LogP contribution in [0.25, 0.3) is 0 Å². The van der Waals surface area contributed by atoms with E-state index in [1.165, 1.54) is 23.1 Å². The van der Waals surface area contributed by atoms with Crippen molar-refractivity contribution in [2.45, 2.75) is 47.1 Å². The molecule has 178 valence electrons. The van der Waals surface area contributed by atoms with Crippen LogP contribution in [-0.4, -0.2) is 41.1 Å². The molecule has 0 unspecified atom stereocenters. The number of hydrogen-bond donors (Lipinski definition) is 2. The number of nitrogens with two attached hydrogens (primary N) is 1. The van der Waals surface area contributed by atoms with Crippen LogP contribution in [0.2, 0.25) is 5.02 Å². The molecular weight excluding hydrogens is 443 g/mol. The number of amides is 2. The van der Waals surface area contributed by atoms with Crippen LogP contribution in [0.5, 0.6) is 0 Å². The quantitative estimate of drug-likeness (QED) is 0.369. The minimum absolute atomic E-state index is 0.00388. The van der Waals surface area contributed by atoms with Crippen LogP contribution >= 0.6 is 11.6 Å². The molecule has 2 amide bonds. The Kier molecular flexibility index (Phi) is 7.91. The van der Waals surface area contributed by atoms with Crippen molar-refractivity contribution in [3.8, 4) is 0 Å². The van der Waals surface area contributed by atoms with Gasteiger partial charge in [-0.05, 0) is 39.0 Å². The molecule has 1 heterocycles. The maximum Gasteiger partial charge on any atom is 0.254 e. The zero-order valence-corrected chi connectivity index (χ0v) is 20.8. The van der Waals surface area contributed by atoms with Crippen molar-refractivity contribution >= 4 is 34.8 Å². The van der Waals surface area contributed by atoms with Crippen LogP contribution in [0.4, 0.5) is 10.1 Å². The van der Waals surface area contributed by atoms with E-state index in [0.29, 0.717) is 35.8 Å². The number of hydrogen-bond acceptors (Lipinski definition) is 4. The lowest BCUT2D eigenvalue weighted by molar-refractivity contribution is -0.146. The topological polar surface area (TPSA) is 87.8 Å². The summed E-state index contributed by atoms with van der Waals surface area (Å²) in [5.74, 6) is -1.14. The Balaban J connectivity index is 2.60. The van der Waals surface area contributed by atoms with Crippen molar-refractivity contribution in [2.24, 2.45) is 16.1 Å².